The Bertz CT molecular complexity index is 614. The number of hydrogen-bond acceptors (Lipinski definition) is 4. The van der Waals surface area contributed by atoms with E-state index < -0.39 is 12.2 Å². The minimum absolute atomic E-state index is 0.280. The number of nitrogens with one attached hydrogen (secondary N) is 1. The number of carbonyl (C=O) groups excluding carboxylic acids is 1. The molecule has 0 radical (unpaired) electrons. The van der Waals surface area contributed by atoms with Crippen LogP contribution in [0, 0.1) is 5.82 Å². The molecule has 3 N–H and O–H groups in total. The molecule has 1 atom stereocenters. The highest BCUT2D eigenvalue weighted by molar-refractivity contribution is 5.95. The number of benzene rings is 2. The molecule has 0 amide bonds. The Morgan fingerprint density at radius 3 is 2.57 bits per heavy atom. The van der Waals surface area contributed by atoms with Gasteiger partial charge in [0.25, 0.3) is 0 Å². The Labute approximate surface area is 122 Å². The fourth-order valence-electron chi connectivity index (χ4n) is 1.81. The van der Waals surface area contributed by atoms with E-state index >= 15 is 0 Å². The van der Waals surface area contributed by atoms with Gasteiger partial charge in [-0.2, -0.15) is 0 Å². The summed E-state index contributed by atoms with van der Waals surface area (Å²) in [5.41, 5.74) is 7.34. The summed E-state index contributed by atoms with van der Waals surface area (Å²) in [6, 6.07) is 12.9. The fraction of sp³-hybridized carbons (Fsp3) is 0.188. The van der Waals surface area contributed by atoms with Crippen molar-refractivity contribution >= 4 is 11.7 Å². The lowest BCUT2D eigenvalue weighted by atomic mass is 10.2. The second-order valence-electron chi connectivity index (χ2n) is 4.64. The SMILES string of the molecule is CC(NCc1ccc(F)cc1)OC(=O)c1ccccc1N. The molecule has 0 saturated carbocycles. The number of halogens is 1. The van der Waals surface area contributed by atoms with E-state index in [1.807, 2.05) is 0 Å². The molecule has 5 heteroatoms. The van der Waals surface area contributed by atoms with Gasteiger partial charge in [0, 0.05) is 12.2 Å². The summed E-state index contributed by atoms with van der Waals surface area (Å²) >= 11 is 0. The van der Waals surface area contributed by atoms with Crippen LogP contribution < -0.4 is 11.1 Å². The number of esters is 1. The first kappa shape index (κ1) is 15.0. The normalized spacial score (nSPS) is 11.9. The number of nitrogens with two attached hydrogens (primary N) is 1. The van der Waals surface area contributed by atoms with E-state index in [4.69, 9.17) is 10.5 Å². The van der Waals surface area contributed by atoms with E-state index in [1.54, 1.807) is 43.3 Å². The van der Waals surface area contributed by atoms with Crippen molar-refractivity contribution in [3.8, 4) is 0 Å². The average Bonchev–Trinajstić information content (AvgIpc) is 2.47. The van der Waals surface area contributed by atoms with Crippen LogP contribution in [-0.2, 0) is 11.3 Å². The minimum atomic E-state index is -0.484. The van der Waals surface area contributed by atoms with Crippen molar-refractivity contribution in [3.63, 3.8) is 0 Å². The Balaban J connectivity index is 1.87. The predicted octanol–water partition coefficient (Wildman–Crippen LogP) is 2.70. The highest BCUT2D eigenvalue weighted by Gasteiger charge is 2.13. The van der Waals surface area contributed by atoms with Crippen LogP contribution in [0.3, 0.4) is 0 Å². The zero-order chi connectivity index (χ0) is 15.2. The van der Waals surface area contributed by atoms with Crippen molar-refractivity contribution in [1.29, 1.82) is 0 Å². The van der Waals surface area contributed by atoms with Crippen LogP contribution in [0.25, 0.3) is 0 Å². The zero-order valence-electron chi connectivity index (χ0n) is 11.7. The molecule has 0 aromatic heterocycles. The van der Waals surface area contributed by atoms with Crippen molar-refractivity contribution < 1.29 is 13.9 Å². The molecule has 0 aliphatic carbocycles. The summed E-state index contributed by atoms with van der Waals surface area (Å²) in [7, 11) is 0. The monoisotopic (exact) mass is 288 g/mol. The van der Waals surface area contributed by atoms with E-state index in [0.717, 1.165) is 5.56 Å². The van der Waals surface area contributed by atoms with Gasteiger partial charge in [-0.25, -0.2) is 9.18 Å². The largest absolute Gasteiger partial charge is 0.443 e. The predicted molar refractivity (Wildman–Crippen MR) is 79.0 cm³/mol. The van der Waals surface area contributed by atoms with Crippen LogP contribution in [0.15, 0.2) is 48.5 Å². The molecule has 2 aromatic rings. The van der Waals surface area contributed by atoms with Crippen LogP contribution in [0.2, 0.25) is 0 Å². The lowest BCUT2D eigenvalue weighted by Crippen LogP contribution is -2.30. The minimum Gasteiger partial charge on any atom is -0.443 e. The van der Waals surface area contributed by atoms with Crippen LogP contribution >= 0.6 is 0 Å². The summed E-state index contributed by atoms with van der Waals surface area (Å²) in [5.74, 6) is -0.759. The van der Waals surface area contributed by atoms with Crippen LogP contribution in [-0.4, -0.2) is 12.2 Å². The maximum Gasteiger partial charge on any atom is 0.341 e. The highest BCUT2D eigenvalue weighted by Crippen LogP contribution is 2.12. The van der Waals surface area contributed by atoms with Crippen molar-refractivity contribution in [2.75, 3.05) is 5.73 Å². The molecule has 0 saturated heterocycles. The van der Waals surface area contributed by atoms with Gasteiger partial charge in [-0.3, -0.25) is 5.32 Å². The summed E-state index contributed by atoms with van der Waals surface area (Å²) in [5, 5.41) is 3.03. The lowest BCUT2D eigenvalue weighted by molar-refractivity contribution is 0.0262. The van der Waals surface area contributed by atoms with E-state index in [9.17, 15) is 9.18 Å². The van der Waals surface area contributed by atoms with Crippen molar-refractivity contribution in [2.45, 2.75) is 19.7 Å². The highest BCUT2D eigenvalue weighted by atomic mass is 19.1. The molecular formula is C16H17FN2O2. The number of rotatable bonds is 5. The van der Waals surface area contributed by atoms with Crippen LogP contribution in [0.5, 0.6) is 0 Å². The number of carbonyl (C=O) groups is 1. The third-order valence-electron chi connectivity index (χ3n) is 2.97. The number of para-hydroxylation sites is 1. The molecule has 2 rings (SSSR count). The Morgan fingerprint density at radius 1 is 1.24 bits per heavy atom. The maximum absolute atomic E-state index is 12.8. The van der Waals surface area contributed by atoms with Gasteiger partial charge in [-0.05, 0) is 36.8 Å². The standard InChI is InChI=1S/C16H17FN2O2/c1-11(19-10-12-6-8-13(17)9-7-12)21-16(20)14-4-2-3-5-15(14)18/h2-9,11,19H,10,18H2,1H3. The van der Waals surface area contributed by atoms with Crippen LogP contribution in [0.4, 0.5) is 10.1 Å². The second-order valence-corrected chi connectivity index (χ2v) is 4.64. The average molecular weight is 288 g/mol. The second kappa shape index (κ2) is 6.85. The molecule has 0 spiro atoms. The van der Waals surface area contributed by atoms with E-state index in [2.05, 4.69) is 5.32 Å². The summed E-state index contributed by atoms with van der Waals surface area (Å²) in [6.45, 7) is 2.19. The first-order valence-corrected chi connectivity index (χ1v) is 6.59. The smallest absolute Gasteiger partial charge is 0.341 e. The van der Waals surface area contributed by atoms with Gasteiger partial charge in [-0.1, -0.05) is 24.3 Å². The number of ether oxygens (including phenoxy) is 1. The Morgan fingerprint density at radius 2 is 1.90 bits per heavy atom. The molecule has 1 unspecified atom stereocenters. The zero-order valence-corrected chi connectivity index (χ0v) is 11.7. The molecule has 0 bridgehead atoms. The summed E-state index contributed by atoms with van der Waals surface area (Å²) < 4.78 is 18.0. The molecule has 0 heterocycles. The molecule has 2 aromatic carbocycles. The number of nitrogen functional groups attached to an aromatic ring is 1. The van der Waals surface area contributed by atoms with Gasteiger partial charge in [0.15, 0.2) is 6.23 Å². The van der Waals surface area contributed by atoms with Gasteiger partial charge < -0.3 is 10.5 Å². The molecule has 110 valence electrons. The number of hydrogen-bond donors (Lipinski definition) is 2. The molecule has 4 nitrogen and oxygen atoms in total. The fourth-order valence-corrected chi connectivity index (χ4v) is 1.81. The quantitative estimate of drug-likeness (QED) is 0.504. The summed E-state index contributed by atoms with van der Waals surface area (Å²) in [6.07, 6.45) is -0.484. The van der Waals surface area contributed by atoms with E-state index in [0.29, 0.717) is 17.8 Å². The van der Waals surface area contributed by atoms with Gasteiger partial charge in [0.2, 0.25) is 0 Å². The third kappa shape index (κ3) is 4.29. The van der Waals surface area contributed by atoms with Gasteiger partial charge >= 0.3 is 5.97 Å². The summed E-state index contributed by atoms with van der Waals surface area (Å²) in [4.78, 5) is 11.9. The molecular weight excluding hydrogens is 271 g/mol. The van der Waals surface area contributed by atoms with Gasteiger partial charge in [0.1, 0.15) is 5.82 Å². The third-order valence-corrected chi connectivity index (χ3v) is 2.97. The molecule has 0 aliphatic heterocycles. The molecule has 21 heavy (non-hydrogen) atoms. The van der Waals surface area contributed by atoms with Gasteiger partial charge in [0.05, 0.1) is 5.56 Å². The number of anilines is 1. The first-order chi connectivity index (χ1) is 10.1. The van der Waals surface area contributed by atoms with E-state index in [-0.39, 0.29) is 5.82 Å². The van der Waals surface area contributed by atoms with Crippen LogP contribution in [0.1, 0.15) is 22.8 Å². The Hall–Kier alpha value is -2.40. The topological polar surface area (TPSA) is 64.3 Å². The first-order valence-electron chi connectivity index (χ1n) is 6.59. The van der Waals surface area contributed by atoms with Crippen molar-refractivity contribution in [3.05, 3.63) is 65.5 Å². The van der Waals surface area contributed by atoms with Gasteiger partial charge in [-0.15, -0.1) is 0 Å². The molecule has 0 fully saturated rings. The molecule has 0 aliphatic rings. The lowest BCUT2D eigenvalue weighted by Gasteiger charge is -2.15. The Kier molecular flexibility index (Phi) is 4.90. The van der Waals surface area contributed by atoms with Crippen molar-refractivity contribution in [1.82, 2.24) is 5.32 Å². The van der Waals surface area contributed by atoms with Crippen molar-refractivity contribution in [2.24, 2.45) is 0 Å². The van der Waals surface area contributed by atoms with E-state index in [1.165, 1.54) is 12.1 Å². The maximum atomic E-state index is 12.8.